The van der Waals surface area contributed by atoms with E-state index < -0.39 is 5.97 Å². The quantitative estimate of drug-likeness (QED) is 0.418. The molecule has 5 nitrogen and oxygen atoms in total. The lowest BCUT2D eigenvalue weighted by molar-refractivity contribution is -0.138. The third-order valence-corrected chi connectivity index (χ3v) is 4.72. The van der Waals surface area contributed by atoms with E-state index in [9.17, 15) is 4.79 Å². The van der Waals surface area contributed by atoms with Crippen molar-refractivity contribution in [3.8, 4) is 11.5 Å². The zero-order chi connectivity index (χ0) is 19.2. The molecule has 138 valence electrons. The van der Waals surface area contributed by atoms with Crippen LogP contribution in [0.3, 0.4) is 0 Å². The second-order valence-electron chi connectivity index (χ2n) is 5.66. The largest absolute Gasteiger partial charge is 0.493 e. The van der Waals surface area contributed by atoms with Gasteiger partial charge in [0, 0.05) is 33.3 Å². The maximum absolute atomic E-state index is 12.1. The van der Waals surface area contributed by atoms with Gasteiger partial charge in [-0.15, -0.1) is 0 Å². The van der Waals surface area contributed by atoms with Crippen LogP contribution in [-0.2, 0) is 16.1 Å². The van der Waals surface area contributed by atoms with Gasteiger partial charge >= 0.3 is 5.97 Å². The Labute approximate surface area is 165 Å². The van der Waals surface area contributed by atoms with Crippen LogP contribution in [0.5, 0.6) is 11.5 Å². The van der Waals surface area contributed by atoms with E-state index in [0.717, 1.165) is 26.5 Å². The molecule has 0 radical (unpaired) electrons. The Bertz CT molecular complexity index is 995. The number of para-hydroxylation sites is 1. The average Bonchev–Trinajstić information content (AvgIpc) is 2.70. The van der Waals surface area contributed by atoms with Crippen molar-refractivity contribution in [2.45, 2.75) is 6.61 Å². The van der Waals surface area contributed by atoms with E-state index in [4.69, 9.17) is 14.2 Å². The summed E-state index contributed by atoms with van der Waals surface area (Å²) in [5.74, 6) is 0.733. The summed E-state index contributed by atoms with van der Waals surface area (Å²) >= 11 is 3.45. The van der Waals surface area contributed by atoms with E-state index in [1.807, 2.05) is 30.3 Å². The molecule has 3 rings (SSSR count). The Morgan fingerprint density at radius 2 is 1.85 bits per heavy atom. The third kappa shape index (κ3) is 4.46. The SMILES string of the molecule is COc1cc(Br)c(COC(=O)/C=C/c2cccc3cccnc23)cc1OC. The number of methoxy groups -OCH3 is 2. The zero-order valence-electron chi connectivity index (χ0n) is 14.9. The summed E-state index contributed by atoms with van der Waals surface area (Å²) in [6.07, 6.45) is 4.84. The van der Waals surface area contributed by atoms with Crippen molar-refractivity contribution in [1.82, 2.24) is 4.98 Å². The van der Waals surface area contributed by atoms with Gasteiger partial charge in [0.1, 0.15) is 6.61 Å². The van der Waals surface area contributed by atoms with Crippen LogP contribution in [0.2, 0.25) is 0 Å². The molecule has 0 amide bonds. The molecule has 0 saturated heterocycles. The number of carbonyl (C=O) groups excluding carboxylic acids is 1. The van der Waals surface area contributed by atoms with Crippen molar-refractivity contribution in [2.24, 2.45) is 0 Å². The number of ether oxygens (including phenoxy) is 3. The number of nitrogens with zero attached hydrogens (tertiary/aromatic N) is 1. The van der Waals surface area contributed by atoms with Crippen molar-refractivity contribution in [3.63, 3.8) is 0 Å². The van der Waals surface area contributed by atoms with Gasteiger partial charge in [-0.1, -0.05) is 40.2 Å². The van der Waals surface area contributed by atoms with Crippen molar-refractivity contribution in [2.75, 3.05) is 14.2 Å². The Balaban J connectivity index is 1.70. The van der Waals surface area contributed by atoms with Gasteiger partial charge in [-0.05, 0) is 24.3 Å². The van der Waals surface area contributed by atoms with Crippen LogP contribution in [0, 0.1) is 0 Å². The summed E-state index contributed by atoms with van der Waals surface area (Å²) in [6.45, 7) is 0.109. The number of benzene rings is 2. The first-order valence-electron chi connectivity index (χ1n) is 8.21. The average molecular weight is 428 g/mol. The van der Waals surface area contributed by atoms with E-state index in [1.165, 1.54) is 6.08 Å². The van der Waals surface area contributed by atoms with Gasteiger partial charge < -0.3 is 14.2 Å². The van der Waals surface area contributed by atoms with Crippen LogP contribution in [0.25, 0.3) is 17.0 Å². The maximum atomic E-state index is 12.1. The van der Waals surface area contributed by atoms with Crippen LogP contribution >= 0.6 is 15.9 Å². The molecular weight excluding hydrogens is 410 g/mol. The Morgan fingerprint density at radius 1 is 1.11 bits per heavy atom. The molecule has 3 aromatic rings. The Hall–Kier alpha value is -2.86. The molecule has 0 aliphatic rings. The van der Waals surface area contributed by atoms with E-state index in [2.05, 4.69) is 20.9 Å². The highest BCUT2D eigenvalue weighted by Gasteiger charge is 2.11. The van der Waals surface area contributed by atoms with Crippen molar-refractivity contribution in [3.05, 3.63) is 70.3 Å². The monoisotopic (exact) mass is 427 g/mol. The Kier molecular flexibility index (Phi) is 6.08. The predicted octanol–water partition coefficient (Wildman–Crippen LogP) is 4.77. The van der Waals surface area contributed by atoms with Crippen molar-refractivity contribution in [1.29, 1.82) is 0 Å². The Morgan fingerprint density at radius 3 is 2.63 bits per heavy atom. The second kappa shape index (κ2) is 8.68. The topological polar surface area (TPSA) is 57.7 Å². The zero-order valence-corrected chi connectivity index (χ0v) is 16.5. The molecule has 0 fully saturated rings. The smallest absolute Gasteiger partial charge is 0.331 e. The molecule has 0 aliphatic carbocycles. The first kappa shape index (κ1) is 18.9. The van der Waals surface area contributed by atoms with Crippen molar-refractivity contribution < 1.29 is 19.0 Å². The number of halogens is 1. The minimum atomic E-state index is -0.440. The first-order valence-corrected chi connectivity index (χ1v) is 9.00. The lowest BCUT2D eigenvalue weighted by atomic mass is 10.1. The first-order chi connectivity index (χ1) is 13.1. The number of aromatic nitrogens is 1. The summed E-state index contributed by atoms with van der Waals surface area (Å²) in [5, 5.41) is 1.02. The maximum Gasteiger partial charge on any atom is 0.331 e. The van der Waals surface area contributed by atoms with Crippen LogP contribution in [0.4, 0.5) is 0 Å². The highest BCUT2D eigenvalue weighted by Crippen LogP contribution is 2.33. The van der Waals surface area contributed by atoms with Gasteiger partial charge in [0.05, 0.1) is 19.7 Å². The summed E-state index contributed by atoms with van der Waals surface area (Å²) in [6, 6.07) is 13.2. The van der Waals surface area contributed by atoms with Crippen LogP contribution in [0.15, 0.2) is 59.2 Å². The van der Waals surface area contributed by atoms with Crippen LogP contribution in [-0.4, -0.2) is 25.2 Å². The number of esters is 1. The van der Waals surface area contributed by atoms with Crippen molar-refractivity contribution >= 4 is 38.9 Å². The molecular formula is C21H18BrNO4. The van der Waals surface area contributed by atoms with Crippen LogP contribution in [0.1, 0.15) is 11.1 Å². The fourth-order valence-corrected chi connectivity index (χ4v) is 3.06. The second-order valence-corrected chi connectivity index (χ2v) is 6.52. The molecule has 1 heterocycles. The number of rotatable bonds is 6. The van der Waals surface area contributed by atoms with E-state index in [1.54, 1.807) is 38.6 Å². The highest BCUT2D eigenvalue weighted by molar-refractivity contribution is 9.10. The van der Waals surface area contributed by atoms with Gasteiger partial charge in [0.2, 0.25) is 0 Å². The number of pyridine rings is 1. The lowest BCUT2D eigenvalue weighted by Gasteiger charge is -2.11. The van der Waals surface area contributed by atoms with E-state index >= 15 is 0 Å². The molecule has 0 unspecified atom stereocenters. The summed E-state index contributed by atoms with van der Waals surface area (Å²) in [5.41, 5.74) is 2.48. The summed E-state index contributed by atoms with van der Waals surface area (Å²) < 4.78 is 16.6. The van der Waals surface area contributed by atoms with Gasteiger partial charge in [-0.2, -0.15) is 0 Å². The molecule has 0 aliphatic heterocycles. The van der Waals surface area contributed by atoms with Gasteiger partial charge in [-0.25, -0.2) is 4.79 Å². The van der Waals surface area contributed by atoms with Crippen LogP contribution < -0.4 is 9.47 Å². The molecule has 0 N–H and O–H groups in total. The molecule has 0 atom stereocenters. The van der Waals surface area contributed by atoms with E-state index in [-0.39, 0.29) is 6.61 Å². The molecule has 0 bridgehead atoms. The van der Waals surface area contributed by atoms with Gasteiger partial charge in [-0.3, -0.25) is 4.98 Å². The predicted molar refractivity (Wildman–Crippen MR) is 108 cm³/mol. The molecule has 27 heavy (non-hydrogen) atoms. The molecule has 1 aromatic heterocycles. The number of hydrogen-bond acceptors (Lipinski definition) is 5. The number of hydrogen-bond donors (Lipinski definition) is 0. The minimum Gasteiger partial charge on any atom is -0.493 e. The molecule has 0 spiro atoms. The standard InChI is InChI=1S/C21H18BrNO4/c1-25-18-11-16(17(22)12-19(18)26-2)13-27-20(24)9-8-15-6-3-5-14-7-4-10-23-21(14)15/h3-12H,13H2,1-2H3/b9-8+. The van der Waals surface area contributed by atoms with E-state index in [0.29, 0.717) is 11.5 Å². The lowest BCUT2D eigenvalue weighted by Crippen LogP contribution is -2.02. The molecule has 0 saturated carbocycles. The summed E-state index contributed by atoms with van der Waals surface area (Å²) in [7, 11) is 3.12. The number of fused-ring (bicyclic) bond motifs is 1. The third-order valence-electron chi connectivity index (χ3n) is 3.99. The molecule has 2 aromatic carbocycles. The normalized spacial score (nSPS) is 10.9. The number of carbonyl (C=O) groups is 1. The van der Waals surface area contributed by atoms with Gasteiger partial charge in [0.25, 0.3) is 0 Å². The van der Waals surface area contributed by atoms with Gasteiger partial charge in [0.15, 0.2) is 11.5 Å². The minimum absolute atomic E-state index is 0.109. The molecule has 6 heteroatoms. The fourth-order valence-electron chi connectivity index (χ4n) is 2.62. The summed E-state index contributed by atoms with van der Waals surface area (Å²) in [4.78, 5) is 16.5. The fraction of sp³-hybridized carbons (Fsp3) is 0.143. The highest BCUT2D eigenvalue weighted by atomic mass is 79.9.